The first kappa shape index (κ1) is 14.5. The van der Waals surface area contributed by atoms with Crippen LogP contribution in [0.25, 0.3) is 0 Å². The van der Waals surface area contributed by atoms with Crippen LogP contribution in [0.1, 0.15) is 28.4 Å². The molecule has 1 aromatic heterocycles. The molecule has 1 atom stereocenters. The van der Waals surface area contributed by atoms with Gasteiger partial charge in [-0.05, 0) is 36.6 Å². The predicted molar refractivity (Wildman–Crippen MR) is 71.1 cm³/mol. The van der Waals surface area contributed by atoms with Gasteiger partial charge < -0.3 is 5.73 Å². The largest absolute Gasteiger partial charge is 0.416 e. The SMILES string of the molecule is Cc1cccnc1C(N)Cc1cccc(C(F)(F)F)c1. The third-order valence-electron chi connectivity index (χ3n) is 3.11. The molecule has 0 saturated heterocycles. The number of rotatable bonds is 3. The smallest absolute Gasteiger partial charge is 0.322 e. The maximum absolute atomic E-state index is 12.6. The molecule has 0 spiro atoms. The summed E-state index contributed by atoms with van der Waals surface area (Å²) in [5.41, 5.74) is 7.59. The van der Waals surface area contributed by atoms with Crippen molar-refractivity contribution in [2.24, 2.45) is 5.73 Å². The van der Waals surface area contributed by atoms with Gasteiger partial charge >= 0.3 is 6.18 Å². The summed E-state index contributed by atoms with van der Waals surface area (Å²) in [4.78, 5) is 4.20. The number of nitrogens with zero attached hydrogens (tertiary/aromatic N) is 1. The number of aromatic nitrogens is 1. The van der Waals surface area contributed by atoms with Crippen LogP contribution in [0.3, 0.4) is 0 Å². The minimum atomic E-state index is -4.33. The van der Waals surface area contributed by atoms with Crippen LogP contribution in [-0.2, 0) is 12.6 Å². The summed E-state index contributed by atoms with van der Waals surface area (Å²) in [6.45, 7) is 1.88. The van der Waals surface area contributed by atoms with Crippen molar-refractivity contribution in [2.75, 3.05) is 0 Å². The fourth-order valence-electron chi connectivity index (χ4n) is 2.11. The standard InChI is InChI=1S/C15H15F3N2/c1-10-4-3-7-20-14(10)13(19)9-11-5-2-6-12(8-11)15(16,17)18/h2-8,13H,9,19H2,1H3. The Kier molecular flexibility index (Phi) is 4.09. The first-order chi connectivity index (χ1) is 9.38. The van der Waals surface area contributed by atoms with Gasteiger partial charge in [0.1, 0.15) is 0 Å². The van der Waals surface area contributed by atoms with Gasteiger partial charge in [0.15, 0.2) is 0 Å². The molecule has 1 aromatic carbocycles. The van der Waals surface area contributed by atoms with Gasteiger partial charge in [0.2, 0.25) is 0 Å². The number of pyridine rings is 1. The lowest BCUT2D eigenvalue weighted by Crippen LogP contribution is -2.16. The Labute approximate surface area is 115 Å². The molecule has 2 rings (SSSR count). The number of aryl methyl sites for hydroxylation is 1. The summed E-state index contributed by atoms with van der Waals surface area (Å²) in [7, 11) is 0. The molecular weight excluding hydrogens is 265 g/mol. The number of alkyl halides is 3. The maximum Gasteiger partial charge on any atom is 0.416 e. The highest BCUT2D eigenvalue weighted by Crippen LogP contribution is 2.30. The Morgan fingerprint density at radius 3 is 2.60 bits per heavy atom. The van der Waals surface area contributed by atoms with E-state index in [2.05, 4.69) is 4.98 Å². The molecular formula is C15H15F3N2. The van der Waals surface area contributed by atoms with Crippen molar-refractivity contribution >= 4 is 0 Å². The van der Waals surface area contributed by atoms with Gasteiger partial charge in [-0.3, -0.25) is 4.98 Å². The van der Waals surface area contributed by atoms with Crippen molar-refractivity contribution in [1.29, 1.82) is 0 Å². The van der Waals surface area contributed by atoms with Gasteiger partial charge in [0, 0.05) is 6.20 Å². The van der Waals surface area contributed by atoms with Gasteiger partial charge in [-0.25, -0.2) is 0 Å². The highest BCUT2D eigenvalue weighted by atomic mass is 19.4. The molecule has 0 aliphatic rings. The van der Waals surface area contributed by atoms with E-state index in [4.69, 9.17) is 5.73 Å². The summed E-state index contributed by atoms with van der Waals surface area (Å²) >= 11 is 0. The highest BCUT2D eigenvalue weighted by molar-refractivity contribution is 5.28. The van der Waals surface area contributed by atoms with E-state index < -0.39 is 17.8 Å². The molecule has 0 aliphatic heterocycles. The van der Waals surface area contributed by atoms with Crippen molar-refractivity contribution < 1.29 is 13.2 Å². The van der Waals surface area contributed by atoms with E-state index in [1.165, 1.54) is 6.07 Å². The van der Waals surface area contributed by atoms with Crippen molar-refractivity contribution in [3.8, 4) is 0 Å². The lowest BCUT2D eigenvalue weighted by atomic mass is 9.99. The maximum atomic E-state index is 12.6. The Bertz CT molecular complexity index is 594. The molecule has 2 aromatic rings. The van der Waals surface area contributed by atoms with Gasteiger partial charge in [-0.1, -0.05) is 24.3 Å². The topological polar surface area (TPSA) is 38.9 Å². The third kappa shape index (κ3) is 3.36. The number of hydrogen-bond donors (Lipinski definition) is 1. The molecule has 2 nitrogen and oxygen atoms in total. The van der Waals surface area contributed by atoms with Crippen LogP contribution in [0, 0.1) is 6.92 Å². The minimum absolute atomic E-state index is 0.321. The summed E-state index contributed by atoms with van der Waals surface area (Å²) in [5, 5.41) is 0. The fraction of sp³-hybridized carbons (Fsp3) is 0.267. The normalized spacial score (nSPS) is 13.2. The Morgan fingerprint density at radius 2 is 1.95 bits per heavy atom. The predicted octanol–water partition coefficient (Wildman–Crippen LogP) is 3.65. The summed E-state index contributed by atoms with van der Waals surface area (Å²) in [6, 6.07) is 8.51. The van der Waals surface area contributed by atoms with E-state index in [1.807, 2.05) is 13.0 Å². The number of nitrogens with two attached hydrogens (primary N) is 1. The van der Waals surface area contributed by atoms with Gasteiger partial charge in [-0.15, -0.1) is 0 Å². The van der Waals surface area contributed by atoms with E-state index in [0.717, 1.165) is 17.7 Å². The van der Waals surface area contributed by atoms with E-state index in [1.54, 1.807) is 18.3 Å². The molecule has 0 bridgehead atoms. The zero-order valence-corrected chi connectivity index (χ0v) is 11.0. The first-order valence-corrected chi connectivity index (χ1v) is 6.21. The second-order valence-electron chi connectivity index (χ2n) is 4.71. The van der Waals surface area contributed by atoms with Crippen LogP contribution in [0.4, 0.5) is 13.2 Å². The average molecular weight is 280 g/mol. The molecule has 1 heterocycles. The molecule has 0 saturated carbocycles. The zero-order valence-electron chi connectivity index (χ0n) is 11.0. The van der Waals surface area contributed by atoms with E-state index >= 15 is 0 Å². The minimum Gasteiger partial charge on any atom is -0.322 e. The lowest BCUT2D eigenvalue weighted by Gasteiger charge is -2.14. The van der Waals surface area contributed by atoms with E-state index in [0.29, 0.717) is 17.7 Å². The number of benzene rings is 1. The van der Waals surface area contributed by atoms with Crippen LogP contribution >= 0.6 is 0 Å². The lowest BCUT2D eigenvalue weighted by molar-refractivity contribution is -0.137. The Morgan fingerprint density at radius 1 is 1.20 bits per heavy atom. The fourth-order valence-corrected chi connectivity index (χ4v) is 2.11. The summed E-state index contributed by atoms with van der Waals surface area (Å²) in [6.07, 6.45) is -2.38. The van der Waals surface area contributed by atoms with Crippen LogP contribution < -0.4 is 5.73 Å². The van der Waals surface area contributed by atoms with Crippen LogP contribution in [0.2, 0.25) is 0 Å². The molecule has 0 radical (unpaired) electrons. The molecule has 0 amide bonds. The second kappa shape index (κ2) is 5.63. The van der Waals surface area contributed by atoms with Gasteiger partial charge in [-0.2, -0.15) is 13.2 Å². The quantitative estimate of drug-likeness (QED) is 0.932. The third-order valence-corrected chi connectivity index (χ3v) is 3.11. The van der Waals surface area contributed by atoms with Crippen LogP contribution in [-0.4, -0.2) is 4.98 Å². The van der Waals surface area contributed by atoms with Gasteiger partial charge in [0.05, 0.1) is 17.3 Å². The summed E-state index contributed by atoms with van der Waals surface area (Å²) < 4.78 is 37.9. The van der Waals surface area contributed by atoms with E-state index in [-0.39, 0.29) is 0 Å². The zero-order chi connectivity index (χ0) is 14.8. The van der Waals surface area contributed by atoms with Gasteiger partial charge in [0.25, 0.3) is 0 Å². The highest BCUT2D eigenvalue weighted by Gasteiger charge is 2.30. The Balaban J connectivity index is 2.20. The molecule has 2 N–H and O–H groups in total. The molecule has 1 unspecified atom stereocenters. The molecule has 20 heavy (non-hydrogen) atoms. The molecule has 106 valence electrons. The van der Waals surface area contributed by atoms with Crippen molar-refractivity contribution in [2.45, 2.75) is 25.6 Å². The van der Waals surface area contributed by atoms with Crippen molar-refractivity contribution in [3.05, 3.63) is 65.0 Å². The van der Waals surface area contributed by atoms with E-state index in [9.17, 15) is 13.2 Å². The van der Waals surface area contributed by atoms with Crippen LogP contribution in [0.5, 0.6) is 0 Å². The summed E-state index contributed by atoms with van der Waals surface area (Å²) in [5.74, 6) is 0. The molecule has 5 heteroatoms. The monoisotopic (exact) mass is 280 g/mol. The molecule has 0 fully saturated rings. The second-order valence-corrected chi connectivity index (χ2v) is 4.71. The van der Waals surface area contributed by atoms with Crippen LogP contribution in [0.15, 0.2) is 42.6 Å². The van der Waals surface area contributed by atoms with Crippen molar-refractivity contribution in [1.82, 2.24) is 4.98 Å². The number of halogens is 3. The molecule has 0 aliphatic carbocycles. The number of hydrogen-bond acceptors (Lipinski definition) is 2. The first-order valence-electron chi connectivity index (χ1n) is 6.21. The average Bonchev–Trinajstić information content (AvgIpc) is 2.38. The van der Waals surface area contributed by atoms with Crippen molar-refractivity contribution in [3.63, 3.8) is 0 Å². The Hall–Kier alpha value is -1.88.